The van der Waals surface area contributed by atoms with Crippen molar-refractivity contribution in [1.29, 1.82) is 0 Å². The number of hydrogen-bond acceptors (Lipinski definition) is 2. The molecular formula is C15H21Cl2N3O. The monoisotopic (exact) mass is 329 g/mol. The Morgan fingerprint density at radius 3 is 2.90 bits per heavy atom. The van der Waals surface area contributed by atoms with Gasteiger partial charge in [0.15, 0.2) is 5.96 Å². The lowest BCUT2D eigenvalue weighted by molar-refractivity contribution is 0.181. The summed E-state index contributed by atoms with van der Waals surface area (Å²) in [6, 6.07) is 5.52. The second-order valence-corrected chi connectivity index (χ2v) is 6.09. The smallest absolute Gasteiger partial charge is 0.193 e. The Morgan fingerprint density at radius 2 is 2.29 bits per heavy atom. The number of nitrogens with zero attached hydrogens (tertiary/aromatic N) is 2. The molecule has 0 aliphatic carbocycles. The van der Waals surface area contributed by atoms with E-state index in [2.05, 4.69) is 15.2 Å². The van der Waals surface area contributed by atoms with Gasteiger partial charge in [-0.1, -0.05) is 29.3 Å². The maximum atomic E-state index is 6.18. The molecule has 1 heterocycles. The van der Waals surface area contributed by atoms with Crippen LogP contribution in [0.1, 0.15) is 12.0 Å². The van der Waals surface area contributed by atoms with Gasteiger partial charge in [-0.25, -0.2) is 0 Å². The third kappa shape index (κ3) is 4.77. The van der Waals surface area contributed by atoms with Crippen LogP contribution in [-0.2, 0) is 11.3 Å². The van der Waals surface area contributed by atoms with E-state index < -0.39 is 0 Å². The molecule has 6 heteroatoms. The van der Waals surface area contributed by atoms with E-state index >= 15 is 0 Å². The average Bonchev–Trinajstić information content (AvgIpc) is 2.94. The number of nitrogens with one attached hydrogen (secondary N) is 1. The molecule has 1 saturated heterocycles. The SMILES string of the molecule is CN=C(NCc1ccc(Cl)cc1Cl)N(C)CC1CCOC1. The van der Waals surface area contributed by atoms with Crippen molar-refractivity contribution in [2.24, 2.45) is 10.9 Å². The van der Waals surface area contributed by atoms with Crippen LogP contribution in [-0.4, -0.2) is 44.7 Å². The van der Waals surface area contributed by atoms with Crippen molar-refractivity contribution in [3.63, 3.8) is 0 Å². The number of benzene rings is 1. The van der Waals surface area contributed by atoms with Gasteiger partial charge in [0.2, 0.25) is 0 Å². The van der Waals surface area contributed by atoms with E-state index in [9.17, 15) is 0 Å². The van der Waals surface area contributed by atoms with Gasteiger partial charge in [-0.15, -0.1) is 0 Å². The Morgan fingerprint density at radius 1 is 1.48 bits per heavy atom. The van der Waals surface area contributed by atoms with Gasteiger partial charge in [0.05, 0.1) is 6.61 Å². The van der Waals surface area contributed by atoms with Crippen molar-refractivity contribution in [1.82, 2.24) is 10.2 Å². The lowest BCUT2D eigenvalue weighted by Gasteiger charge is -2.24. The van der Waals surface area contributed by atoms with Crippen molar-refractivity contribution in [3.8, 4) is 0 Å². The van der Waals surface area contributed by atoms with Crippen molar-refractivity contribution < 1.29 is 4.74 Å². The van der Waals surface area contributed by atoms with Crippen LogP contribution < -0.4 is 5.32 Å². The normalized spacial score (nSPS) is 18.9. The van der Waals surface area contributed by atoms with E-state index in [4.69, 9.17) is 27.9 Å². The van der Waals surface area contributed by atoms with E-state index in [1.807, 2.05) is 19.2 Å². The maximum Gasteiger partial charge on any atom is 0.193 e. The second kappa shape index (κ2) is 7.87. The van der Waals surface area contributed by atoms with Crippen molar-refractivity contribution in [3.05, 3.63) is 33.8 Å². The highest BCUT2D eigenvalue weighted by molar-refractivity contribution is 6.35. The summed E-state index contributed by atoms with van der Waals surface area (Å²) in [7, 11) is 3.82. The highest BCUT2D eigenvalue weighted by Gasteiger charge is 2.19. The number of guanidine groups is 1. The number of ether oxygens (including phenoxy) is 1. The van der Waals surface area contributed by atoms with Gasteiger partial charge in [-0.2, -0.15) is 0 Å². The highest BCUT2D eigenvalue weighted by atomic mass is 35.5. The number of rotatable bonds is 4. The van der Waals surface area contributed by atoms with E-state index in [0.717, 1.165) is 37.7 Å². The van der Waals surface area contributed by atoms with Crippen LogP contribution in [0, 0.1) is 5.92 Å². The predicted octanol–water partition coefficient (Wildman–Crippen LogP) is 3.04. The molecule has 0 saturated carbocycles. The molecule has 1 unspecified atom stereocenters. The summed E-state index contributed by atoms with van der Waals surface area (Å²) in [5, 5.41) is 4.64. The first-order valence-electron chi connectivity index (χ1n) is 7.03. The molecule has 0 radical (unpaired) electrons. The van der Waals surface area contributed by atoms with Crippen LogP contribution in [0.15, 0.2) is 23.2 Å². The standard InChI is InChI=1S/C15H21Cl2N3O/c1-18-15(20(2)9-11-5-6-21-10-11)19-8-12-3-4-13(16)7-14(12)17/h3-4,7,11H,5-6,8-10H2,1-2H3,(H,18,19). The number of aliphatic imine (C=N–C) groups is 1. The molecule has 1 aliphatic heterocycles. The summed E-state index contributed by atoms with van der Waals surface area (Å²) < 4.78 is 5.41. The van der Waals surface area contributed by atoms with Gasteiger partial charge >= 0.3 is 0 Å². The fraction of sp³-hybridized carbons (Fsp3) is 0.533. The Balaban J connectivity index is 1.89. The summed E-state index contributed by atoms with van der Waals surface area (Å²) in [6.45, 7) is 3.26. The fourth-order valence-corrected chi connectivity index (χ4v) is 2.90. The molecule has 0 amide bonds. The molecule has 0 aromatic heterocycles. The van der Waals surface area contributed by atoms with Gasteiger partial charge in [0.1, 0.15) is 0 Å². The summed E-state index contributed by atoms with van der Waals surface area (Å²) in [5.74, 6) is 1.43. The molecule has 1 atom stereocenters. The van der Waals surface area contributed by atoms with Gasteiger partial charge in [0, 0.05) is 49.8 Å². The highest BCUT2D eigenvalue weighted by Crippen LogP contribution is 2.20. The molecule has 116 valence electrons. The van der Waals surface area contributed by atoms with Gasteiger partial charge in [-0.3, -0.25) is 4.99 Å². The minimum absolute atomic E-state index is 0.577. The van der Waals surface area contributed by atoms with Crippen molar-refractivity contribution in [2.45, 2.75) is 13.0 Å². The van der Waals surface area contributed by atoms with Crippen LogP contribution >= 0.6 is 23.2 Å². The first kappa shape index (κ1) is 16.4. The van der Waals surface area contributed by atoms with Gasteiger partial charge in [0.25, 0.3) is 0 Å². The molecule has 1 aromatic rings. The van der Waals surface area contributed by atoms with Crippen LogP contribution in [0.4, 0.5) is 0 Å². The zero-order chi connectivity index (χ0) is 15.2. The van der Waals surface area contributed by atoms with Crippen molar-refractivity contribution in [2.75, 3.05) is 33.9 Å². The molecule has 2 rings (SSSR count). The van der Waals surface area contributed by atoms with E-state index in [1.165, 1.54) is 0 Å². The summed E-state index contributed by atoms with van der Waals surface area (Å²) in [6.07, 6.45) is 1.12. The first-order chi connectivity index (χ1) is 10.1. The lowest BCUT2D eigenvalue weighted by Crippen LogP contribution is -2.41. The largest absolute Gasteiger partial charge is 0.381 e. The molecule has 4 nitrogen and oxygen atoms in total. The third-order valence-electron chi connectivity index (χ3n) is 3.58. The Labute approximate surface area is 136 Å². The number of halogens is 2. The lowest BCUT2D eigenvalue weighted by atomic mass is 10.1. The van der Waals surface area contributed by atoms with Crippen LogP contribution in [0.3, 0.4) is 0 Å². The Kier molecular flexibility index (Phi) is 6.15. The zero-order valence-electron chi connectivity index (χ0n) is 12.4. The summed E-state index contributed by atoms with van der Waals surface area (Å²) in [5.41, 5.74) is 1.000. The van der Waals surface area contributed by atoms with Crippen molar-refractivity contribution >= 4 is 29.2 Å². The first-order valence-corrected chi connectivity index (χ1v) is 7.79. The minimum atomic E-state index is 0.577. The van der Waals surface area contributed by atoms with E-state index in [-0.39, 0.29) is 0 Å². The second-order valence-electron chi connectivity index (χ2n) is 5.25. The summed E-state index contributed by atoms with van der Waals surface area (Å²) >= 11 is 12.1. The molecule has 1 N–H and O–H groups in total. The van der Waals surface area contributed by atoms with Crippen LogP contribution in [0.5, 0.6) is 0 Å². The van der Waals surface area contributed by atoms with Crippen LogP contribution in [0.2, 0.25) is 10.0 Å². The van der Waals surface area contributed by atoms with Crippen LogP contribution in [0.25, 0.3) is 0 Å². The van der Waals surface area contributed by atoms with Gasteiger partial charge < -0.3 is 15.0 Å². The summed E-state index contributed by atoms with van der Waals surface area (Å²) in [4.78, 5) is 6.44. The van der Waals surface area contributed by atoms with E-state index in [1.54, 1.807) is 13.1 Å². The molecule has 1 aliphatic rings. The van der Waals surface area contributed by atoms with Gasteiger partial charge in [-0.05, 0) is 24.1 Å². The zero-order valence-corrected chi connectivity index (χ0v) is 13.9. The topological polar surface area (TPSA) is 36.9 Å². The van der Waals surface area contributed by atoms with E-state index in [0.29, 0.717) is 22.5 Å². The third-order valence-corrected chi connectivity index (χ3v) is 4.17. The minimum Gasteiger partial charge on any atom is -0.381 e. The Bertz CT molecular complexity index is 502. The maximum absolute atomic E-state index is 6.18. The quantitative estimate of drug-likeness (QED) is 0.681. The number of hydrogen-bond donors (Lipinski definition) is 1. The predicted molar refractivity (Wildman–Crippen MR) is 88.2 cm³/mol. The molecule has 1 fully saturated rings. The molecule has 0 spiro atoms. The molecule has 21 heavy (non-hydrogen) atoms. The Hall–Kier alpha value is -0.970. The molecule has 1 aromatic carbocycles. The molecule has 0 bridgehead atoms. The fourth-order valence-electron chi connectivity index (χ4n) is 2.43. The average molecular weight is 330 g/mol. The molecular weight excluding hydrogens is 309 g/mol.